The van der Waals surface area contributed by atoms with E-state index in [1.54, 1.807) is 23.5 Å². The Kier molecular flexibility index (Phi) is 7.33. The summed E-state index contributed by atoms with van der Waals surface area (Å²) < 4.78 is 5.91. The second-order valence-electron chi connectivity index (χ2n) is 8.25. The molecule has 4 aromatic carbocycles. The highest BCUT2D eigenvalue weighted by Crippen LogP contribution is 2.37. The van der Waals surface area contributed by atoms with Crippen LogP contribution in [-0.2, 0) is 4.74 Å². The van der Waals surface area contributed by atoms with Gasteiger partial charge in [0.1, 0.15) is 0 Å². The van der Waals surface area contributed by atoms with Crippen LogP contribution >= 0.6 is 23.5 Å². The first kappa shape index (κ1) is 23.4. The Balaban J connectivity index is 1.22. The fourth-order valence-corrected chi connectivity index (χ4v) is 6.14. The molecule has 0 N–H and O–H groups in total. The number of nitrogens with zero attached hydrogens (tertiary/aromatic N) is 6. The zero-order valence-corrected chi connectivity index (χ0v) is 20.3. The molecule has 35 heavy (non-hydrogen) atoms. The lowest BCUT2D eigenvalue weighted by Gasteiger charge is -2.11. The van der Waals surface area contributed by atoms with Gasteiger partial charge in [-0.1, -0.05) is 70.9 Å². The van der Waals surface area contributed by atoms with Gasteiger partial charge in [0.25, 0.3) is 0 Å². The molecule has 1 heterocycles. The van der Waals surface area contributed by atoms with Crippen molar-refractivity contribution in [3.8, 4) is 0 Å². The number of ether oxygens (including phenoxy) is 1. The van der Waals surface area contributed by atoms with Crippen LogP contribution in [0, 0.1) is 0 Å². The molecule has 0 aliphatic carbocycles. The zero-order valence-electron chi connectivity index (χ0n) is 18.7. The second-order valence-corrected chi connectivity index (χ2v) is 10.4. The van der Waals surface area contributed by atoms with Crippen molar-refractivity contribution in [1.82, 2.24) is 0 Å². The summed E-state index contributed by atoms with van der Waals surface area (Å²) in [5.41, 5.74) is 18.3. The Hall–Kier alpha value is -3.32. The normalized spacial score (nSPS) is 18.4. The molecular weight excluding hydrogens is 476 g/mol. The van der Waals surface area contributed by atoms with Crippen LogP contribution in [0.3, 0.4) is 0 Å². The zero-order chi connectivity index (χ0) is 24.0. The molecule has 4 atom stereocenters. The van der Waals surface area contributed by atoms with E-state index in [2.05, 4.69) is 80.7 Å². The topological polar surface area (TPSA) is 110 Å². The molecule has 7 nitrogen and oxygen atoms in total. The van der Waals surface area contributed by atoms with E-state index in [0.29, 0.717) is 11.5 Å². The van der Waals surface area contributed by atoms with Crippen molar-refractivity contribution in [2.24, 2.45) is 10.2 Å². The fraction of sp³-hybridized carbons (Fsp3) is 0.231. The van der Waals surface area contributed by atoms with Crippen LogP contribution in [0.1, 0.15) is 0 Å². The van der Waals surface area contributed by atoms with E-state index in [1.807, 2.05) is 24.3 Å². The van der Waals surface area contributed by atoms with E-state index < -0.39 is 0 Å². The lowest BCUT2D eigenvalue weighted by molar-refractivity contribution is 0.341. The van der Waals surface area contributed by atoms with Gasteiger partial charge in [-0.25, -0.2) is 0 Å². The average molecular weight is 499 g/mol. The van der Waals surface area contributed by atoms with Gasteiger partial charge in [-0.05, 0) is 56.9 Å². The third-order valence-electron chi connectivity index (χ3n) is 6.00. The smallest absolute Gasteiger partial charge is 0.0939 e. The van der Waals surface area contributed by atoms with Gasteiger partial charge in [-0.3, -0.25) is 0 Å². The number of hydrogen-bond acceptors (Lipinski definition) is 5. The Morgan fingerprint density at radius 1 is 0.657 bits per heavy atom. The van der Waals surface area contributed by atoms with Gasteiger partial charge < -0.3 is 4.74 Å². The third-order valence-corrected chi connectivity index (χ3v) is 8.19. The monoisotopic (exact) mass is 498 g/mol. The summed E-state index contributed by atoms with van der Waals surface area (Å²) in [5.74, 6) is 1.18. The maximum atomic E-state index is 9.13. The van der Waals surface area contributed by atoms with Crippen molar-refractivity contribution in [2.45, 2.75) is 34.1 Å². The van der Waals surface area contributed by atoms with Gasteiger partial charge in [-0.2, -0.15) is 0 Å². The van der Waals surface area contributed by atoms with Gasteiger partial charge in [0.05, 0.1) is 24.3 Å². The van der Waals surface area contributed by atoms with Gasteiger partial charge in [-0.15, -0.1) is 23.5 Å². The van der Waals surface area contributed by atoms with Crippen molar-refractivity contribution in [1.29, 1.82) is 0 Å². The molecule has 1 fully saturated rings. The van der Waals surface area contributed by atoms with Gasteiger partial charge in [0.15, 0.2) is 0 Å². The predicted octanol–water partition coefficient (Wildman–Crippen LogP) is 8.00. The second kappa shape index (κ2) is 11.0. The molecule has 0 unspecified atom stereocenters. The van der Waals surface area contributed by atoms with Crippen LogP contribution in [0.25, 0.3) is 42.4 Å². The Morgan fingerprint density at radius 2 is 1.09 bits per heavy atom. The van der Waals surface area contributed by atoms with Crippen molar-refractivity contribution >= 4 is 45.1 Å². The van der Waals surface area contributed by atoms with Gasteiger partial charge in [0.2, 0.25) is 0 Å². The highest BCUT2D eigenvalue weighted by atomic mass is 32.2. The maximum Gasteiger partial charge on any atom is 0.0939 e. The van der Waals surface area contributed by atoms with Crippen molar-refractivity contribution in [3.05, 3.63) is 106 Å². The van der Waals surface area contributed by atoms with Crippen molar-refractivity contribution < 1.29 is 4.74 Å². The first-order valence-corrected chi connectivity index (χ1v) is 13.2. The third kappa shape index (κ3) is 5.68. The summed E-state index contributed by atoms with van der Waals surface area (Å²) >= 11 is 3.27. The lowest BCUT2D eigenvalue weighted by atomic mass is 10.1. The van der Waals surface area contributed by atoms with Gasteiger partial charge in [0, 0.05) is 31.1 Å². The first-order chi connectivity index (χ1) is 17.2. The number of thioether (sulfide) groups is 2. The lowest BCUT2D eigenvalue weighted by Crippen LogP contribution is -2.24. The minimum atomic E-state index is -0.344. The summed E-state index contributed by atoms with van der Waals surface area (Å²) in [7, 11) is 0. The molecule has 9 heteroatoms. The molecule has 0 aromatic heterocycles. The molecule has 1 aliphatic heterocycles. The molecule has 0 spiro atoms. The van der Waals surface area contributed by atoms with E-state index in [1.165, 1.54) is 21.5 Å². The van der Waals surface area contributed by atoms with Crippen molar-refractivity contribution in [3.63, 3.8) is 0 Å². The standard InChI is InChI=1S/C26H22N6OS2/c27-31-29-23(15-34-21-11-9-17-5-1-3-7-19(17)13-21)25-26(33-25)24(30-32-28)16-35-22-12-10-18-6-2-4-8-20(18)14-22/h1-14,23-26H,15-16H2/t23-,24-,25-,26+/m1/s1. The molecular formula is C26H22N6OS2. The Labute approximate surface area is 211 Å². The summed E-state index contributed by atoms with van der Waals surface area (Å²) in [6.07, 6.45) is -0.516. The summed E-state index contributed by atoms with van der Waals surface area (Å²) in [6, 6.07) is 28.4. The Bertz CT molecular complexity index is 1340. The van der Waals surface area contributed by atoms with E-state index in [0.717, 1.165) is 9.79 Å². The first-order valence-electron chi connectivity index (χ1n) is 11.2. The minimum Gasteiger partial charge on any atom is -0.369 e. The summed E-state index contributed by atoms with van der Waals surface area (Å²) in [6.45, 7) is 0. The minimum absolute atomic E-state index is 0.258. The van der Waals surface area contributed by atoms with Crippen LogP contribution in [-0.4, -0.2) is 35.8 Å². The molecule has 0 radical (unpaired) electrons. The highest BCUT2D eigenvalue weighted by Gasteiger charge is 2.48. The molecule has 174 valence electrons. The number of benzene rings is 4. The summed E-state index contributed by atoms with van der Waals surface area (Å²) in [5, 5.41) is 12.7. The molecule has 1 saturated heterocycles. The molecule has 0 saturated carbocycles. The summed E-state index contributed by atoms with van der Waals surface area (Å²) in [4.78, 5) is 8.31. The maximum absolute atomic E-state index is 9.13. The molecule has 5 rings (SSSR count). The number of rotatable bonds is 10. The number of hydrogen-bond donors (Lipinski definition) is 0. The van der Waals surface area contributed by atoms with E-state index in [9.17, 15) is 0 Å². The van der Waals surface area contributed by atoms with E-state index in [4.69, 9.17) is 15.8 Å². The fourth-order valence-electron chi connectivity index (χ4n) is 4.15. The number of fused-ring (bicyclic) bond motifs is 2. The van der Waals surface area contributed by atoms with Crippen LogP contribution in [0.4, 0.5) is 0 Å². The average Bonchev–Trinajstić information content (AvgIpc) is 3.69. The van der Waals surface area contributed by atoms with E-state index >= 15 is 0 Å². The predicted molar refractivity (Wildman–Crippen MR) is 144 cm³/mol. The molecule has 4 aromatic rings. The number of azide groups is 2. The Morgan fingerprint density at radius 3 is 1.51 bits per heavy atom. The largest absolute Gasteiger partial charge is 0.369 e. The van der Waals surface area contributed by atoms with Gasteiger partial charge >= 0.3 is 0 Å². The number of epoxide rings is 1. The molecule has 0 bridgehead atoms. The van der Waals surface area contributed by atoms with Crippen LogP contribution in [0.5, 0.6) is 0 Å². The van der Waals surface area contributed by atoms with Crippen LogP contribution in [0.15, 0.2) is 105 Å². The van der Waals surface area contributed by atoms with Crippen LogP contribution < -0.4 is 0 Å². The molecule has 1 aliphatic rings. The SMILES string of the molecule is [N-]=[N+]=N[C@H](CSc1ccc2ccccc2c1)[C@@H]1O[C@@H]1[C@@H](CSc1ccc2ccccc2c1)N=[N+]=[N-]. The quantitative estimate of drug-likeness (QED) is 0.0726. The highest BCUT2D eigenvalue weighted by molar-refractivity contribution is 7.99. The molecule has 0 amide bonds. The van der Waals surface area contributed by atoms with Crippen molar-refractivity contribution in [2.75, 3.05) is 11.5 Å². The van der Waals surface area contributed by atoms with E-state index in [-0.39, 0.29) is 24.3 Å². The van der Waals surface area contributed by atoms with Crippen LogP contribution in [0.2, 0.25) is 0 Å².